The monoisotopic (exact) mass is 331 g/mol. The topological polar surface area (TPSA) is 38.1 Å². The molecule has 2 aromatic rings. The smallest absolute Gasteiger partial charge is 0.244 e. The molecule has 2 rings (SSSR count). The molecule has 1 aromatic heterocycles. The largest absolute Gasteiger partial charge is 0.347 e. The van der Waals surface area contributed by atoms with Crippen molar-refractivity contribution >= 4 is 40.1 Å². The minimum absolute atomic E-state index is 0.00516. The Hall–Kier alpha value is -1.33. The van der Waals surface area contributed by atoms with E-state index in [1.165, 1.54) is 17.0 Å². The van der Waals surface area contributed by atoms with Gasteiger partial charge in [0.1, 0.15) is 17.7 Å². The third kappa shape index (κ3) is 2.99. The van der Waals surface area contributed by atoms with E-state index in [0.717, 1.165) is 0 Å². The van der Waals surface area contributed by atoms with Crippen molar-refractivity contribution in [3.05, 3.63) is 28.8 Å². The van der Waals surface area contributed by atoms with Crippen LogP contribution in [0.4, 0.5) is 4.39 Å². The van der Waals surface area contributed by atoms with Crippen LogP contribution >= 0.6 is 23.2 Å². The van der Waals surface area contributed by atoms with Crippen LogP contribution in [0.5, 0.6) is 0 Å². The number of hydrogen-bond acceptors (Lipinski definition) is 2. The molecule has 0 aliphatic rings. The number of imidazole rings is 1. The number of halogens is 3. The predicted molar refractivity (Wildman–Crippen MR) is 82.5 cm³/mol. The first-order chi connectivity index (χ1) is 9.86. The Morgan fingerprint density at radius 1 is 1.48 bits per heavy atom. The lowest BCUT2D eigenvalue weighted by Gasteiger charge is -2.20. The van der Waals surface area contributed by atoms with Crippen LogP contribution in [0.3, 0.4) is 0 Å². The van der Waals surface area contributed by atoms with Crippen molar-refractivity contribution in [3.63, 3.8) is 0 Å². The summed E-state index contributed by atoms with van der Waals surface area (Å²) in [6, 6.07) is 2.31. The van der Waals surface area contributed by atoms with Gasteiger partial charge in [-0.1, -0.05) is 11.6 Å². The summed E-state index contributed by atoms with van der Waals surface area (Å²) in [6.45, 7) is 1.78. The average molecular weight is 332 g/mol. The quantitative estimate of drug-likeness (QED) is 0.806. The van der Waals surface area contributed by atoms with Crippen LogP contribution in [0.25, 0.3) is 11.0 Å². The van der Waals surface area contributed by atoms with Gasteiger partial charge in [-0.05, 0) is 13.0 Å². The van der Waals surface area contributed by atoms with E-state index in [2.05, 4.69) is 4.98 Å². The molecule has 0 saturated carbocycles. The highest BCUT2D eigenvalue weighted by molar-refractivity contribution is 6.31. The summed E-state index contributed by atoms with van der Waals surface area (Å²) >= 11 is 11.7. The highest BCUT2D eigenvalue weighted by atomic mass is 35.5. The van der Waals surface area contributed by atoms with Crippen LogP contribution in [0.15, 0.2) is 12.1 Å². The van der Waals surface area contributed by atoms with E-state index in [1.54, 1.807) is 25.6 Å². The number of nitrogens with zero attached hydrogens (tertiary/aromatic N) is 3. The summed E-state index contributed by atoms with van der Waals surface area (Å²) in [5.74, 6) is 0.398. The first-order valence-electron chi connectivity index (χ1n) is 6.49. The van der Waals surface area contributed by atoms with Crippen molar-refractivity contribution in [1.29, 1.82) is 0 Å². The highest BCUT2D eigenvalue weighted by Gasteiger charge is 2.23. The number of benzene rings is 1. The van der Waals surface area contributed by atoms with Crippen LogP contribution in [-0.4, -0.2) is 40.3 Å². The zero-order chi connectivity index (χ0) is 15.7. The van der Waals surface area contributed by atoms with Gasteiger partial charge in [0.2, 0.25) is 5.91 Å². The fourth-order valence-corrected chi connectivity index (χ4v) is 2.64. The SMILES string of the molecule is CC(C(=O)N(C)C)n1c(CCCl)nc2cc(F)c(Cl)cc21. The molecule has 0 bridgehead atoms. The molecule has 1 unspecified atom stereocenters. The summed E-state index contributed by atoms with van der Waals surface area (Å²) in [7, 11) is 3.37. The molecule has 0 saturated heterocycles. The molecule has 1 aromatic carbocycles. The van der Waals surface area contributed by atoms with Crippen molar-refractivity contribution in [2.45, 2.75) is 19.4 Å². The summed E-state index contributed by atoms with van der Waals surface area (Å²) in [5, 5.41) is 0.00516. The predicted octanol–water partition coefficient (Wildman–Crippen LogP) is 3.26. The molecular formula is C14H16Cl2FN3O. The van der Waals surface area contributed by atoms with E-state index >= 15 is 0 Å². The van der Waals surface area contributed by atoms with Crippen LogP contribution in [0, 0.1) is 5.82 Å². The molecule has 0 aliphatic heterocycles. The standard InChI is InChI=1S/C14H16Cl2FN3O/c1-8(14(21)19(2)3)20-12-6-9(16)10(17)7-11(12)18-13(20)4-5-15/h6-8H,4-5H2,1-3H3. The Morgan fingerprint density at radius 3 is 2.71 bits per heavy atom. The maximum atomic E-state index is 13.6. The molecule has 4 nitrogen and oxygen atoms in total. The number of aryl methyl sites for hydroxylation is 1. The van der Waals surface area contributed by atoms with Crippen LogP contribution in [-0.2, 0) is 11.2 Å². The van der Waals surface area contributed by atoms with Crippen molar-refractivity contribution in [2.75, 3.05) is 20.0 Å². The first kappa shape index (κ1) is 16.0. The van der Waals surface area contributed by atoms with Crippen molar-refractivity contribution in [3.8, 4) is 0 Å². The van der Waals surface area contributed by atoms with Gasteiger partial charge in [0.15, 0.2) is 0 Å². The number of alkyl halides is 1. The lowest BCUT2D eigenvalue weighted by molar-refractivity contribution is -0.131. The lowest BCUT2D eigenvalue weighted by atomic mass is 10.2. The fraction of sp³-hybridized carbons (Fsp3) is 0.429. The number of fused-ring (bicyclic) bond motifs is 1. The lowest BCUT2D eigenvalue weighted by Crippen LogP contribution is -2.30. The summed E-state index contributed by atoms with van der Waals surface area (Å²) in [6.07, 6.45) is 0.487. The molecule has 0 fully saturated rings. The maximum absolute atomic E-state index is 13.6. The second kappa shape index (κ2) is 6.20. The fourth-order valence-electron chi connectivity index (χ4n) is 2.32. The number of likely N-dealkylation sites (N-methyl/N-ethyl adjacent to an activating group) is 1. The number of aromatic nitrogens is 2. The average Bonchev–Trinajstić information content (AvgIpc) is 2.75. The molecule has 1 amide bonds. The van der Waals surface area contributed by atoms with E-state index in [9.17, 15) is 9.18 Å². The van der Waals surface area contributed by atoms with Crippen LogP contribution in [0.2, 0.25) is 5.02 Å². The second-order valence-corrected chi connectivity index (χ2v) is 5.79. The second-order valence-electron chi connectivity index (χ2n) is 5.00. The van der Waals surface area contributed by atoms with E-state index in [0.29, 0.717) is 29.2 Å². The van der Waals surface area contributed by atoms with E-state index in [-0.39, 0.29) is 10.9 Å². The zero-order valence-corrected chi connectivity index (χ0v) is 13.5. The molecule has 7 heteroatoms. The van der Waals surface area contributed by atoms with Gasteiger partial charge in [-0.3, -0.25) is 4.79 Å². The molecule has 0 N–H and O–H groups in total. The van der Waals surface area contributed by atoms with E-state index in [4.69, 9.17) is 23.2 Å². The van der Waals surface area contributed by atoms with Gasteiger partial charge in [0, 0.05) is 32.5 Å². The van der Waals surface area contributed by atoms with Gasteiger partial charge < -0.3 is 9.47 Å². The van der Waals surface area contributed by atoms with Gasteiger partial charge in [-0.2, -0.15) is 0 Å². The van der Waals surface area contributed by atoms with Crippen molar-refractivity contribution in [1.82, 2.24) is 14.5 Å². The minimum atomic E-state index is -0.530. The van der Waals surface area contributed by atoms with Crippen molar-refractivity contribution in [2.24, 2.45) is 0 Å². The molecule has 0 radical (unpaired) electrons. The van der Waals surface area contributed by atoms with Crippen LogP contribution in [0.1, 0.15) is 18.8 Å². The van der Waals surface area contributed by atoms with Gasteiger partial charge in [0.05, 0.1) is 16.1 Å². The van der Waals surface area contributed by atoms with Crippen molar-refractivity contribution < 1.29 is 9.18 Å². The molecule has 0 aliphatic carbocycles. The Kier molecular flexibility index (Phi) is 4.74. The molecular weight excluding hydrogens is 316 g/mol. The normalized spacial score (nSPS) is 12.7. The summed E-state index contributed by atoms with van der Waals surface area (Å²) in [4.78, 5) is 18.1. The molecule has 1 atom stereocenters. The number of carbonyl (C=O) groups is 1. The maximum Gasteiger partial charge on any atom is 0.244 e. The van der Waals surface area contributed by atoms with E-state index < -0.39 is 11.9 Å². The number of rotatable bonds is 4. The van der Waals surface area contributed by atoms with Gasteiger partial charge in [-0.25, -0.2) is 9.37 Å². The Balaban J connectivity index is 2.65. The Morgan fingerprint density at radius 2 is 2.14 bits per heavy atom. The van der Waals surface area contributed by atoms with Gasteiger partial charge in [-0.15, -0.1) is 11.6 Å². The summed E-state index contributed by atoms with van der Waals surface area (Å²) < 4.78 is 15.4. The number of hydrogen-bond donors (Lipinski definition) is 0. The Bertz CT molecular complexity index is 684. The first-order valence-corrected chi connectivity index (χ1v) is 7.41. The Labute approximate surface area is 132 Å². The molecule has 21 heavy (non-hydrogen) atoms. The highest BCUT2D eigenvalue weighted by Crippen LogP contribution is 2.27. The number of amides is 1. The molecule has 0 spiro atoms. The van der Waals surface area contributed by atoms with E-state index in [1.807, 2.05) is 0 Å². The zero-order valence-electron chi connectivity index (χ0n) is 12.0. The minimum Gasteiger partial charge on any atom is -0.347 e. The molecule has 114 valence electrons. The van der Waals surface area contributed by atoms with Crippen LogP contribution < -0.4 is 0 Å². The third-order valence-electron chi connectivity index (χ3n) is 3.31. The summed E-state index contributed by atoms with van der Waals surface area (Å²) in [5.41, 5.74) is 1.10. The number of carbonyl (C=O) groups excluding carboxylic acids is 1. The third-order valence-corrected chi connectivity index (χ3v) is 3.79. The molecule has 1 heterocycles. The van der Waals surface area contributed by atoms with Gasteiger partial charge >= 0.3 is 0 Å². The van der Waals surface area contributed by atoms with Gasteiger partial charge in [0.25, 0.3) is 0 Å².